The summed E-state index contributed by atoms with van der Waals surface area (Å²) in [5.74, 6) is 0.695. The summed E-state index contributed by atoms with van der Waals surface area (Å²) in [5.41, 5.74) is 1.50. The van der Waals surface area contributed by atoms with Gasteiger partial charge in [-0.3, -0.25) is 0 Å². The molecule has 1 amide bonds. The van der Waals surface area contributed by atoms with Crippen molar-refractivity contribution < 1.29 is 14.3 Å². The predicted octanol–water partition coefficient (Wildman–Crippen LogP) is 5.18. The number of benzene rings is 1. The van der Waals surface area contributed by atoms with Crippen molar-refractivity contribution in [2.45, 2.75) is 38.9 Å². The van der Waals surface area contributed by atoms with E-state index in [0.29, 0.717) is 25.5 Å². The molecule has 8 heteroatoms. The third-order valence-electron chi connectivity index (χ3n) is 4.83. The van der Waals surface area contributed by atoms with Crippen molar-refractivity contribution in [2.75, 3.05) is 25.0 Å². The molecular formula is C24H28N4O3S. The van der Waals surface area contributed by atoms with Crippen LogP contribution in [0.1, 0.15) is 43.0 Å². The molecule has 1 atom stereocenters. The van der Waals surface area contributed by atoms with Gasteiger partial charge in [0, 0.05) is 24.0 Å². The monoisotopic (exact) mass is 452 g/mol. The van der Waals surface area contributed by atoms with E-state index in [1.807, 2.05) is 63.4 Å². The number of amides is 1. The second kappa shape index (κ2) is 9.67. The summed E-state index contributed by atoms with van der Waals surface area (Å²) in [7, 11) is 0. The van der Waals surface area contributed by atoms with Crippen LogP contribution in [0.2, 0.25) is 0 Å². The lowest BCUT2D eigenvalue weighted by molar-refractivity contribution is -0.0446. The number of hydrogen-bond acceptors (Lipinski definition) is 7. The molecule has 168 valence electrons. The van der Waals surface area contributed by atoms with E-state index in [0.717, 1.165) is 17.2 Å². The maximum atomic E-state index is 12.4. The van der Waals surface area contributed by atoms with Gasteiger partial charge in [0.2, 0.25) is 0 Å². The van der Waals surface area contributed by atoms with Crippen molar-refractivity contribution in [3.05, 3.63) is 70.9 Å². The van der Waals surface area contributed by atoms with Crippen molar-refractivity contribution in [1.82, 2.24) is 14.9 Å². The lowest BCUT2D eigenvalue weighted by Gasteiger charge is -2.34. The lowest BCUT2D eigenvalue weighted by atomic mass is 10.1. The fraction of sp³-hybridized carbons (Fsp3) is 0.375. The van der Waals surface area contributed by atoms with E-state index in [1.54, 1.807) is 16.2 Å². The first kappa shape index (κ1) is 22.2. The van der Waals surface area contributed by atoms with Crippen molar-refractivity contribution in [2.24, 2.45) is 0 Å². The Hall–Kier alpha value is -2.97. The highest BCUT2D eigenvalue weighted by molar-refractivity contribution is 7.15. The molecule has 1 N–H and O–H groups in total. The molecule has 7 nitrogen and oxygen atoms in total. The van der Waals surface area contributed by atoms with Crippen molar-refractivity contribution >= 4 is 28.4 Å². The van der Waals surface area contributed by atoms with E-state index < -0.39 is 5.60 Å². The number of thiazole rings is 1. The molecule has 1 aliphatic rings. The number of ether oxygens (including phenoxy) is 2. The van der Waals surface area contributed by atoms with Crippen LogP contribution in [-0.2, 0) is 15.9 Å². The van der Waals surface area contributed by atoms with Gasteiger partial charge in [0.05, 0.1) is 18.8 Å². The topological polar surface area (TPSA) is 76.6 Å². The van der Waals surface area contributed by atoms with Gasteiger partial charge in [0.1, 0.15) is 17.5 Å². The summed E-state index contributed by atoms with van der Waals surface area (Å²) < 4.78 is 11.4. The molecule has 2 aromatic heterocycles. The molecule has 32 heavy (non-hydrogen) atoms. The van der Waals surface area contributed by atoms with E-state index >= 15 is 0 Å². The molecular weight excluding hydrogens is 424 g/mol. The zero-order chi connectivity index (χ0) is 22.6. The number of morpholine rings is 1. The molecule has 0 bridgehead atoms. The van der Waals surface area contributed by atoms with Gasteiger partial charge in [-0.25, -0.2) is 14.8 Å². The van der Waals surface area contributed by atoms with E-state index in [4.69, 9.17) is 14.5 Å². The normalized spacial score (nSPS) is 16.6. The number of nitrogens with zero attached hydrogens (tertiary/aromatic N) is 3. The summed E-state index contributed by atoms with van der Waals surface area (Å²) in [6, 6.07) is 16.1. The quantitative estimate of drug-likeness (QED) is 0.575. The van der Waals surface area contributed by atoms with Gasteiger partial charge in [-0.1, -0.05) is 36.4 Å². The molecule has 0 saturated carbocycles. The third kappa shape index (κ3) is 6.05. The number of carbonyl (C=O) groups is 1. The first-order valence-corrected chi connectivity index (χ1v) is 11.5. The molecule has 0 aliphatic carbocycles. The molecule has 1 fully saturated rings. The first-order valence-electron chi connectivity index (χ1n) is 10.7. The minimum atomic E-state index is -0.528. The molecule has 1 aliphatic heterocycles. The number of anilines is 2. The van der Waals surface area contributed by atoms with Gasteiger partial charge in [0.25, 0.3) is 0 Å². The van der Waals surface area contributed by atoms with Gasteiger partial charge in [-0.2, -0.15) is 0 Å². The number of hydrogen-bond donors (Lipinski definition) is 1. The minimum Gasteiger partial charge on any atom is -0.444 e. The molecule has 1 unspecified atom stereocenters. The maximum Gasteiger partial charge on any atom is 0.410 e. The molecule has 0 spiro atoms. The van der Waals surface area contributed by atoms with Crippen LogP contribution in [0.4, 0.5) is 15.7 Å². The summed E-state index contributed by atoms with van der Waals surface area (Å²) >= 11 is 1.61. The van der Waals surface area contributed by atoms with Crippen LogP contribution in [0, 0.1) is 0 Å². The van der Waals surface area contributed by atoms with Gasteiger partial charge in [-0.05, 0) is 38.5 Å². The third-order valence-corrected chi connectivity index (χ3v) is 5.74. The van der Waals surface area contributed by atoms with Crippen LogP contribution >= 0.6 is 11.3 Å². The standard InChI is InChI=1S/C24H28N4O3S/c1-24(2,3)31-23(29)28-12-13-30-20(16-28)19-10-7-11-21(26-19)27-22-25-15-18(32-22)14-17-8-5-4-6-9-17/h4-11,15,20H,12-14,16H2,1-3H3,(H,25,26,27). The fourth-order valence-electron chi connectivity index (χ4n) is 3.37. The van der Waals surface area contributed by atoms with Gasteiger partial charge >= 0.3 is 6.09 Å². The Balaban J connectivity index is 1.40. The molecule has 3 heterocycles. The van der Waals surface area contributed by atoms with Gasteiger partial charge in [0.15, 0.2) is 5.13 Å². The summed E-state index contributed by atoms with van der Waals surface area (Å²) in [6.45, 7) is 6.95. The van der Waals surface area contributed by atoms with Gasteiger partial charge < -0.3 is 19.7 Å². The van der Waals surface area contributed by atoms with E-state index in [-0.39, 0.29) is 12.2 Å². The zero-order valence-corrected chi connectivity index (χ0v) is 19.4. The number of pyridine rings is 1. The number of aromatic nitrogens is 2. The van der Waals surface area contributed by atoms with Crippen LogP contribution in [-0.4, -0.2) is 46.3 Å². The molecule has 4 rings (SSSR count). The fourth-order valence-corrected chi connectivity index (χ4v) is 4.23. The van der Waals surface area contributed by atoms with Crippen LogP contribution in [0.5, 0.6) is 0 Å². The van der Waals surface area contributed by atoms with Crippen molar-refractivity contribution in [3.63, 3.8) is 0 Å². The van der Waals surface area contributed by atoms with Crippen molar-refractivity contribution in [3.8, 4) is 0 Å². The Labute approximate surface area is 192 Å². The van der Waals surface area contributed by atoms with Crippen LogP contribution in [0.3, 0.4) is 0 Å². The second-order valence-corrected chi connectivity index (χ2v) is 9.77. The number of rotatable bonds is 5. The molecule has 1 saturated heterocycles. The average molecular weight is 453 g/mol. The summed E-state index contributed by atoms with van der Waals surface area (Å²) in [4.78, 5) is 24.5. The van der Waals surface area contributed by atoms with E-state index in [1.165, 1.54) is 10.4 Å². The highest BCUT2D eigenvalue weighted by Gasteiger charge is 2.29. The Morgan fingerprint density at radius 3 is 2.81 bits per heavy atom. The second-order valence-electron chi connectivity index (χ2n) is 8.65. The van der Waals surface area contributed by atoms with E-state index in [2.05, 4.69) is 22.4 Å². The Morgan fingerprint density at radius 2 is 2.03 bits per heavy atom. The summed E-state index contributed by atoms with van der Waals surface area (Å²) in [6.07, 6.45) is 2.12. The number of nitrogens with one attached hydrogen (secondary N) is 1. The molecule has 0 radical (unpaired) electrons. The van der Waals surface area contributed by atoms with Crippen LogP contribution in [0.25, 0.3) is 0 Å². The Bertz CT molecular complexity index is 1050. The predicted molar refractivity (Wildman–Crippen MR) is 125 cm³/mol. The average Bonchev–Trinajstić information content (AvgIpc) is 3.20. The summed E-state index contributed by atoms with van der Waals surface area (Å²) in [5, 5.41) is 4.08. The smallest absolute Gasteiger partial charge is 0.410 e. The first-order chi connectivity index (χ1) is 15.4. The Morgan fingerprint density at radius 1 is 1.22 bits per heavy atom. The zero-order valence-electron chi connectivity index (χ0n) is 18.6. The highest BCUT2D eigenvalue weighted by Crippen LogP contribution is 2.26. The van der Waals surface area contributed by atoms with Crippen molar-refractivity contribution in [1.29, 1.82) is 0 Å². The SMILES string of the molecule is CC(C)(C)OC(=O)N1CCOC(c2cccc(Nc3ncc(Cc4ccccc4)s3)n2)C1. The van der Waals surface area contributed by atoms with Crippen LogP contribution in [0.15, 0.2) is 54.7 Å². The minimum absolute atomic E-state index is 0.303. The largest absolute Gasteiger partial charge is 0.444 e. The number of carbonyl (C=O) groups excluding carboxylic acids is 1. The maximum absolute atomic E-state index is 12.4. The van der Waals surface area contributed by atoms with E-state index in [9.17, 15) is 4.79 Å². The van der Waals surface area contributed by atoms with Gasteiger partial charge in [-0.15, -0.1) is 11.3 Å². The molecule has 3 aromatic rings. The molecule has 1 aromatic carbocycles. The van der Waals surface area contributed by atoms with Crippen LogP contribution < -0.4 is 5.32 Å². The Kier molecular flexibility index (Phi) is 6.72. The lowest BCUT2D eigenvalue weighted by Crippen LogP contribution is -2.44. The highest BCUT2D eigenvalue weighted by atomic mass is 32.1.